The van der Waals surface area contributed by atoms with E-state index in [9.17, 15) is 4.79 Å². The number of benzene rings is 3. The summed E-state index contributed by atoms with van der Waals surface area (Å²) in [5.41, 5.74) is 4.08. The molecule has 0 bridgehead atoms. The molecule has 0 aliphatic rings. The summed E-state index contributed by atoms with van der Waals surface area (Å²) in [6.45, 7) is 2.64. The standard InChI is InChI=1S/C25H21N5O2/c1-2-32-25(31)17-13-11-16(12-14-17)23-18-7-3-4-8-19(18)24(30-29-23)26-15-22-27-20-9-5-6-10-21(20)28-22/h3-14H,2,15H2,1H3,(H,26,30)(H,27,28). The van der Waals surface area contributed by atoms with Gasteiger partial charge >= 0.3 is 5.97 Å². The van der Waals surface area contributed by atoms with Crippen molar-refractivity contribution in [2.24, 2.45) is 0 Å². The molecule has 7 nitrogen and oxygen atoms in total. The number of imidazole rings is 1. The fourth-order valence-corrected chi connectivity index (χ4v) is 3.68. The molecule has 0 saturated heterocycles. The van der Waals surface area contributed by atoms with Gasteiger partial charge in [-0.1, -0.05) is 48.5 Å². The Bertz CT molecular complexity index is 1380. The first-order valence-corrected chi connectivity index (χ1v) is 10.4. The number of nitrogens with zero attached hydrogens (tertiary/aromatic N) is 3. The van der Waals surface area contributed by atoms with E-state index in [1.165, 1.54) is 0 Å². The second-order valence-electron chi connectivity index (χ2n) is 7.29. The van der Waals surface area contributed by atoms with Crippen molar-refractivity contribution in [2.45, 2.75) is 13.5 Å². The van der Waals surface area contributed by atoms with Crippen LogP contribution in [0.3, 0.4) is 0 Å². The lowest BCUT2D eigenvalue weighted by atomic mass is 10.0. The molecule has 0 aliphatic heterocycles. The Hall–Kier alpha value is -4.26. The molecule has 2 N–H and O–H groups in total. The topological polar surface area (TPSA) is 92.8 Å². The number of fused-ring (bicyclic) bond motifs is 2. The van der Waals surface area contributed by atoms with Crippen LogP contribution in [0.4, 0.5) is 5.82 Å². The van der Waals surface area contributed by atoms with Crippen LogP contribution in [0.15, 0.2) is 72.8 Å². The van der Waals surface area contributed by atoms with Gasteiger partial charge in [0.05, 0.1) is 29.7 Å². The van der Waals surface area contributed by atoms with Crippen LogP contribution in [0.25, 0.3) is 33.1 Å². The molecule has 7 heteroatoms. The van der Waals surface area contributed by atoms with Crippen LogP contribution < -0.4 is 5.32 Å². The van der Waals surface area contributed by atoms with Gasteiger partial charge in [-0.25, -0.2) is 9.78 Å². The maximum absolute atomic E-state index is 11.9. The van der Waals surface area contributed by atoms with Crippen molar-refractivity contribution >= 4 is 33.6 Å². The van der Waals surface area contributed by atoms with Gasteiger partial charge in [0, 0.05) is 16.3 Å². The normalized spacial score (nSPS) is 11.0. The van der Waals surface area contributed by atoms with Crippen molar-refractivity contribution in [1.82, 2.24) is 20.2 Å². The molecule has 0 saturated carbocycles. The number of hydrogen-bond acceptors (Lipinski definition) is 6. The van der Waals surface area contributed by atoms with Crippen molar-refractivity contribution in [3.63, 3.8) is 0 Å². The molecule has 158 valence electrons. The zero-order valence-electron chi connectivity index (χ0n) is 17.5. The van der Waals surface area contributed by atoms with Gasteiger partial charge in [-0.2, -0.15) is 0 Å². The second kappa shape index (κ2) is 8.47. The van der Waals surface area contributed by atoms with E-state index in [0.29, 0.717) is 24.5 Å². The Balaban J connectivity index is 1.44. The van der Waals surface area contributed by atoms with E-state index < -0.39 is 0 Å². The third-order valence-corrected chi connectivity index (χ3v) is 5.22. The van der Waals surface area contributed by atoms with Gasteiger partial charge < -0.3 is 15.0 Å². The van der Waals surface area contributed by atoms with Crippen LogP contribution >= 0.6 is 0 Å². The molecule has 0 spiro atoms. The predicted molar refractivity (Wildman–Crippen MR) is 124 cm³/mol. The quantitative estimate of drug-likeness (QED) is 0.375. The summed E-state index contributed by atoms with van der Waals surface area (Å²) < 4.78 is 5.06. The van der Waals surface area contributed by atoms with Gasteiger partial charge in [0.1, 0.15) is 11.5 Å². The van der Waals surface area contributed by atoms with Crippen LogP contribution in [0, 0.1) is 0 Å². The van der Waals surface area contributed by atoms with Crippen LogP contribution in [-0.4, -0.2) is 32.7 Å². The summed E-state index contributed by atoms with van der Waals surface area (Å²) in [7, 11) is 0. The molecular formula is C25H21N5O2. The van der Waals surface area contributed by atoms with E-state index in [1.54, 1.807) is 19.1 Å². The highest BCUT2D eigenvalue weighted by Crippen LogP contribution is 2.30. The molecule has 0 amide bonds. The van der Waals surface area contributed by atoms with Gasteiger partial charge in [-0.15, -0.1) is 10.2 Å². The molecule has 2 aromatic heterocycles. The highest BCUT2D eigenvalue weighted by Gasteiger charge is 2.13. The third kappa shape index (κ3) is 3.76. The smallest absolute Gasteiger partial charge is 0.338 e. The van der Waals surface area contributed by atoms with Gasteiger partial charge in [-0.05, 0) is 31.2 Å². The maximum atomic E-state index is 11.9. The molecule has 2 heterocycles. The summed E-state index contributed by atoms with van der Waals surface area (Å²) in [6.07, 6.45) is 0. The number of esters is 1. The monoisotopic (exact) mass is 423 g/mol. The summed E-state index contributed by atoms with van der Waals surface area (Å²) in [4.78, 5) is 19.8. The number of carbonyl (C=O) groups excluding carboxylic acids is 1. The first-order valence-electron chi connectivity index (χ1n) is 10.4. The van der Waals surface area contributed by atoms with Crippen LogP contribution in [0.2, 0.25) is 0 Å². The number of aromatic amines is 1. The first-order chi connectivity index (χ1) is 15.7. The summed E-state index contributed by atoms with van der Waals surface area (Å²) >= 11 is 0. The number of H-pyrrole nitrogens is 1. The first kappa shape index (κ1) is 19.7. The van der Waals surface area contributed by atoms with Crippen molar-refractivity contribution in [3.05, 3.63) is 84.2 Å². The van der Waals surface area contributed by atoms with Crippen LogP contribution in [-0.2, 0) is 11.3 Å². The average Bonchev–Trinajstić information content (AvgIpc) is 3.26. The molecule has 5 rings (SSSR count). The van der Waals surface area contributed by atoms with Crippen LogP contribution in [0.5, 0.6) is 0 Å². The zero-order chi connectivity index (χ0) is 21.9. The minimum Gasteiger partial charge on any atom is -0.462 e. The minimum atomic E-state index is -0.333. The Morgan fingerprint density at radius 1 is 0.938 bits per heavy atom. The summed E-state index contributed by atoms with van der Waals surface area (Å²) in [5.74, 6) is 1.18. The number of carbonyl (C=O) groups is 1. The Labute approximate surface area is 184 Å². The molecule has 0 aliphatic carbocycles. The van der Waals surface area contributed by atoms with Crippen molar-refractivity contribution in [1.29, 1.82) is 0 Å². The van der Waals surface area contributed by atoms with Gasteiger partial charge in [0.15, 0.2) is 5.82 Å². The minimum absolute atomic E-state index is 0.333. The molecule has 0 unspecified atom stereocenters. The zero-order valence-corrected chi connectivity index (χ0v) is 17.5. The number of anilines is 1. The van der Waals surface area contributed by atoms with E-state index in [1.807, 2.05) is 60.7 Å². The number of aromatic nitrogens is 4. The van der Waals surface area contributed by atoms with E-state index in [-0.39, 0.29) is 5.97 Å². The number of nitrogens with one attached hydrogen (secondary N) is 2. The number of rotatable bonds is 6. The van der Waals surface area contributed by atoms with Crippen molar-refractivity contribution < 1.29 is 9.53 Å². The van der Waals surface area contributed by atoms with Gasteiger partial charge in [-0.3, -0.25) is 0 Å². The average molecular weight is 423 g/mol. The predicted octanol–water partition coefficient (Wildman–Crippen LogP) is 4.96. The van der Waals surface area contributed by atoms with Crippen LogP contribution in [0.1, 0.15) is 23.1 Å². The molecule has 0 atom stereocenters. The fraction of sp³-hybridized carbons (Fsp3) is 0.120. The second-order valence-corrected chi connectivity index (χ2v) is 7.29. The highest BCUT2D eigenvalue weighted by molar-refractivity contribution is 6.00. The summed E-state index contributed by atoms with van der Waals surface area (Å²) in [5, 5.41) is 14.2. The largest absolute Gasteiger partial charge is 0.462 e. The maximum Gasteiger partial charge on any atom is 0.338 e. The lowest BCUT2D eigenvalue weighted by Gasteiger charge is -2.11. The Morgan fingerprint density at radius 3 is 2.47 bits per heavy atom. The Kier molecular flexibility index (Phi) is 5.21. The van der Waals surface area contributed by atoms with Gasteiger partial charge in [0.25, 0.3) is 0 Å². The molecule has 32 heavy (non-hydrogen) atoms. The lowest BCUT2D eigenvalue weighted by molar-refractivity contribution is 0.0526. The highest BCUT2D eigenvalue weighted by atomic mass is 16.5. The van der Waals surface area contributed by atoms with E-state index in [2.05, 4.69) is 25.5 Å². The molecule has 3 aromatic carbocycles. The van der Waals surface area contributed by atoms with E-state index in [4.69, 9.17) is 4.74 Å². The fourth-order valence-electron chi connectivity index (χ4n) is 3.68. The van der Waals surface area contributed by atoms with Crippen molar-refractivity contribution in [3.8, 4) is 11.3 Å². The van der Waals surface area contributed by atoms with E-state index in [0.717, 1.165) is 38.9 Å². The molecule has 5 aromatic rings. The third-order valence-electron chi connectivity index (χ3n) is 5.22. The molecule has 0 fully saturated rings. The van der Waals surface area contributed by atoms with Gasteiger partial charge in [0.2, 0.25) is 0 Å². The number of para-hydroxylation sites is 2. The lowest BCUT2D eigenvalue weighted by Crippen LogP contribution is -2.06. The molecule has 0 radical (unpaired) electrons. The number of hydrogen-bond donors (Lipinski definition) is 2. The van der Waals surface area contributed by atoms with Crippen molar-refractivity contribution in [2.75, 3.05) is 11.9 Å². The molecular weight excluding hydrogens is 402 g/mol. The summed E-state index contributed by atoms with van der Waals surface area (Å²) in [6, 6.07) is 23.1. The SMILES string of the molecule is CCOC(=O)c1ccc(-c2nnc(NCc3nc4ccccc4[nH]3)c3ccccc23)cc1. The van der Waals surface area contributed by atoms with E-state index >= 15 is 0 Å². The Morgan fingerprint density at radius 2 is 1.69 bits per heavy atom. The number of ether oxygens (including phenoxy) is 1.